The fraction of sp³-hybridized carbons (Fsp3) is 0.135. The minimum atomic E-state index is 0.0297. The zero-order chi connectivity index (χ0) is 38.5. The van der Waals surface area contributed by atoms with Crippen LogP contribution in [-0.2, 0) is 10.8 Å². The number of hydrogen-bond acceptors (Lipinski definition) is 3. The summed E-state index contributed by atoms with van der Waals surface area (Å²) in [6.45, 7) is 9.61. The van der Waals surface area contributed by atoms with Gasteiger partial charge in [-0.2, -0.15) is 9.97 Å². The van der Waals surface area contributed by atoms with Crippen LogP contribution in [0.1, 0.15) is 45.2 Å². The molecule has 0 radical (unpaired) electrons. The third-order valence-corrected chi connectivity index (χ3v) is 12.2. The van der Waals surface area contributed by atoms with Gasteiger partial charge in [0.25, 0.3) is 0 Å². The molecule has 3 heterocycles. The minimum Gasteiger partial charge on any atom is -0.309 e. The number of para-hydroxylation sites is 2. The van der Waals surface area contributed by atoms with Gasteiger partial charge >= 0.3 is 0 Å². The van der Waals surface area contributed by atoms with E-state index in [1.165, 1.54) is 49.6 Å². The number of benzene rings is 7. The van der Waals surface area contributed by atoms with Crippen molar-refractivity contribution in [2.24, 2.45) is 0 Å². The molecule has 0 atom stereocenters. The Morgan fingerprint density at radius 1 is 0.404 bits per heavy atom. The van der Waals surface area contributed by atoms with Crippen LogP contribution < -0.4 is 0 Å². The highest BCUT2D eigenvalue weighted by Crippen LogP contribution is 2.52. The van der Waals surface area contributed by atoms with Gasteiger partial charge in [0, 0.05) is 32.7 Å². The van der Waals surface area contributed by atoms with Crippen LogP contribution >= 0.6 is 0 Å². The van der Waals surface area contributed by atoms with Gasteiger partial charge in [-0.3, -0.25) is 4.57 Å². The van der Waals surface area contributed by atoms with E-state index in [0.29, 0.717) is 17.6 Å². The maximum atomic E-state index is 5.27. The molecule has 0 saturated heterocycles. The van der Waals surface area contributed by atoms with Crippen molar-refractivity contribution >= 4 is 43.6 Å². The smallest absolute Gasteiger partial charge is 0.238 e. The quantitative estimate of drug-likeness (QED) is 0.177. The van der Waals surface area contributed by atoms with Gasteiger partial charge in [-0.1, -0.05) is 161 Å². The third-order valence-electron chi connectivity index (χ3n) is 12.2. The highest BCUT2D eigenvalue weighted by Gasteiger charge is 2.43. The summed E-state index contributed by atoms with van der Waals surface area (Å²) in [5.41, 5.74) is 13.0. The molecule has 57 heavy (non-hydrogen) atoms. The maximum Gasteiger partial charge on any atom is 0.238 e. The molecular formula is C52H41N5. The molecule has 1 aliphatic rings. The number of rotatable bonds is 5. The number of fused-ring (bicyclic) bond motifs is 8. The Morgan fingerprint density at radius 3 is 1.53 bits per heavy atom. The van der Waals surface area contributed by atoms with E-state index in [1.807, 2.05) is 24.3 Å². The minimum absolute atomic E-state index is 0.0297. The maximum absolute atomic E-state index is 5.27. The second-order valence-corrected chi connectivity index (χ2v) is 16.8. The Labute approximate surface area is 331 Å². The van der Waals surface area contributed by atoms with Gasteiger partial charge < -0.3 is 4.57 Å². The van der Waals surface area contributed by atoms with Crippen LogP contribution in [0.3, 0.4) is 0 Å². The topological polar surface area (TPSA) is 48.5 Å². The monoisotopic (exact) mass is 735 g/mol. The lowest BCUT2D eigenvalue weighted by atomic mass is 9.81. The van der Waals surface area contributed by atoms with Crippen LogP contribution in [0.25, 0.3) is 89.2 Å². The van der Waals surface area contributed by atoms with Crippen LogP contribution in [0.5, 0.6) is 0 Å². The van der Waals surface area contributed by atoms with Gasteiger partial charge in [0.05, 0.1) is 27.8 Å². The fourth-order valence-electron chi connectivity index (χ4n) is 10.0. The molecule has 5 heteroatoms. The van der Waals surface area contributed by atoms with E-state index in [9.17, 15) is 0 Å². The predicted octanol–water partition coefficient (Wildman–Crippen LogP) is 13.0. The Balaban J connectivity index is 1.19. The first-order chi connectivity index (χ1) is 27.8. The fourth-order valence-corrected chi connectivity index (χ4v) is 10.0. The zero-order valence-corrected chi connectivity index (χ0v) is 32.5. The highest BCUT2D eigenvalue weighted by molar-refractivity contribution is 6.28. The van der Waals surface area contributed by atoms with E-state index in [0.717, 1.165) is 39.5 Å². The lowest BCUT2D eigenvalue weighted by molar-refractivity contribution is 0.403. The van der Waals surface area contributed by atoms with Gasteiger partial charge in [0.2, 0.25) is 5.95 Å². The first-order valence-corrected chi connectivity index (χ1v) is 19.8. The molecule has 7 aromatic carbocycles. The van der Waals surface area contributed by atoms with Crippen LogP contribution in [0.15, 0.2) is 164 Å². The summed E-state index contributed by atoms with van der Waals surface area (Å²) < 4.78 is 4.75. The molecule has 0 saturated carbocycles. The van der Waals surface area contributed by atoms with Gasteiger partial charge in [-0.15, -0.1) is 0 Å². The molecule has 0 aliphatic heterocycles. The molecule has 274 valence electrons. The third kappa shape index (κ3) is 5.12. The van der Waals surface area contributed by atoms with Gasteiger partial charge in [0.1, 0.15) is 0 Å². The first-order valence-electron chi connectivity index (χ1n) is 19.8. The van der Waals surface area contributed by atoms with Crippen LogP contribution in [0, 0.1) is 0 Å². The summed E-state index contributed by atoms with van der Waals surface area (Å²) in [7, 11) is 0. The van der Waals surface area contributed by atoms with Gasteiger partial charge in [-0.05, 0) is 69.8 Å². The lowest BCUT2D eigenvalue weighted by Gasteiger charge is -2.24. The SMILES string of the molecule is CC1(C)CC(C)(C)c2c(-n3c4ccccc4c4c5c6ccccc6n(-c6nc(-c7ccccc7)nc(-c7ccc(-c8ccccc8)cc7)n6)c5ccc43)cccc21. The molecule has 10 aromatic rings. The summed E-state index contributed by atoms with van der Waals surface area (Å²) in [5.74, 6) is 1.85. The predicted molar refractivity (Wildman–Crippen MR) is 235 cm³/mol. The summed E-state index contributed by atoms with van der Waals surface area (Å²) in [6, 6.07) is 58.3. The van der Waals surface area contributed by atoms with E-state index in [-0.39, 0.29) is 10.8 Å². The molecule has 5 nitrogen and oxygen atoms in total. The van der Waals surface area contributed by atoms with Crippen molar-refractivity contribution in [3.63, 3.8) is 0 Å². The Hall–Kier alpha value is -6.85. The van der Waals surface area contributed by atoms with Crippen molar-refractivity contribution in [3.8, 4) is 45.5 Å². The van der Waals surface area contributed by atoms with Crippen molar-refractivity contribution < 1.29 is 0 Å². The van der Waals surface area contributed by atoms with E-state index < -0.39 is 0 Å². The average molecular weight is 736 g/mol. The van der Waals surface area contributed by atoms with Crippen LogP contribution in [-0.4, -0.2) is 24.1 Å². The molecule has 11 rings (SSSR count). The van der Waals surface area contributed by atoms with Crippen molar-refractivity contribution in [1.82, 2.24) is 24.1 Å². The number of aromatic nitrogens is 5. The molecule has 0 N–H and O–H groups in total. The molecule has 0 fully saturated rings. The Morgan fingerprint density at radius 2 is 0.895 bits per heavy atom. The summed E-state index contributed by atoms with van der Waals surface area (Å²) in [4.78, 5) is 15.6. The standard InChI is InChI=1S/C52H41N5/c1-51(2)32-52(3,4)47-39(51)22-15-25-44(47)56-40-23-13-11-20-37(40)45-42(56)30-31-43-46(45)38-21-12-14-24-41(38)57(43)50-54-48(35-18-9-6-10-19-35)53-49(55-50)36-28-26-34(27-29-36)33-16-7-5-8-17-33/h5-31H,32H2,1-4H3. The van der Waals surface area contributed by atoms with Gasteiger partial charge in [-0.25, -0.2) is 4.98 Å². The first kappa shape index (κ1) is 33.5. The summed E-state index contributed by atoms with van der Waals surface area (Å²) in [5, 5.41) is 4.82. The molecule has 1 aliphatic carbocycles. The Kier molecular flexibility index (Phi) is 7.24. The van der Waals surface area contributed by atoms with Crippen molar-refractivity contribution in [2.45, 2.75) is 44.9 Å². The second-order valence-electron chi connectivity index (χ2n) is 16.8. The summed E-state index contributed by atoms with van der Waals surface area (Å²) in [6.07, 6.45) is 1.11. The number of hydrogen-bond donors (Lipinski definition) is 0. The van der Waals surface area contributed by atoms with E-state index >= 15 is 0 Å². The van der Waals surface area contributed by atoms with Crippen molar-refractivity contribution in [2.75, 3.05) is 0 Å². The molecule has 0 unspecified atom stereocenters. The second kappa shape index (κ2) is 12.3. The van der Waals surface area contributed by atoms with E-state index in [4.69, 9.17) is 15.0 Å². The Bertz CT molecular complexity index is 3190. The lowest BCUT2D eigenvalue weighted by Crippen LogP contribution is -2.18. The normalized spacial score (nSPS) is 14.5. The van der Waals surface area contributed by atoms with E-state index in [2.05, 4.69) is 176 Å². The molecule has 0 amide bonds. The molecule has 3 aromatic heterocycles. The van der Waals surface area contributed by atoms with Crippen molar-refractivity contribution in [1.29, 1.82) is 0 Å². The summed E-state index contributed by atoms with van der Waals surface area (Å²) >= 11 is 0. The zero-order valence-electron chi connectivity index (χ0n) is 32.5. The van der Waals surface area contributed by atoms with Crippen LogP contribution in [0.4, 0.5) is 0 Å². The molecular weight excluding hydrogens is 695 g/mol. The van der Waals surface area contributed by atoms with E-state index in [1.54, 1.807) is 0 Å². The van der Waals surface area contributed by atoms with Gasteiger partial charge in [0.15, 0.2) is 11.6 Å². The highest BCUT2D eigenvalue weighted by atomic mass is 15.2. The average Bonchev–Trinajstić information content (AvgIpc) is 3.83. The van der Waals surface area contributed by atoms with Crippen molar-refractivity contribution in [3.05, 3.63) is 175 Å². The molecule has 0 spiro atoms. The van der Waals surface area contributed by atoms with Crippen LogP contribution in [0.2, 0.25) is 0 Å². The molecule has 0 bridgehead atoms. The number of nitrogens with zero attached hydrogens (tertiary/aromatic N) is 5. The largest absolute Gasteiger partial charge is 0.309 e.